The lowest BCUT2D eigenvalue weighted by molar-refractivity contribution is -0.130. The van der Waals surface area contributed by atoms with E-state index in [0.717, 1.165) is 47.1 Å². The molecule has 1 aromatic heterocycles. The number of ether oxygens (including phenoxy) is 1. The first-order chi connectivity index (χ1) is 23.6. The van der Waals surface area contributed by atoms with Gasteiger partial charge < -0.3 is 25.4 Å². The molecule has 1 saturated carbocycles. The van der Waals surface area contributed by atoms with Crippen molar-refractivity contribution in [2.24, 2.45) is 4.99 Å². The van der Waals surface area contributed by atoms with Crippen LogP contribution in [0.1, 0.15) is 55.5 Å². The minimum Gasteiger partial charge on any atom is -0.508 e. The first kappa shape index (κ1) is 34.4. The number of hydrogen-bond donors (Lipinski definition) is 3. The molecule has 6 rings (SSSR count). The molecule has 1 aliphatic carbocycles. The molecule has 1 unspecified atom stereocenters. The molecule has 3 heterocycles. The Kier molecular flexibility index (Phi) is 10.8. The SMILES string of the molecule is CC(=O)N1CCN(Cc2cc(O)ccc2-c2cccc(Oc3ncc(F)cc3C(=O)NC3CCC(NC(=O)C4CSC(C)=N4)CC3)c2)CC1. The minimum atomic E-state index is -0.654. The first-order valence-electron chi connectivity index (χ1n) is 16.6. The lowest BCUT2D eigenvalue weighted by Crippen LogP contribution is -2.47. The second-order valence-electron chi connectivity index (χ2n) is 12.8. The monoisotopic (exact) mass is 688 g/mol. The normalized spacial score (nSPS) is 21.2. The number of amides is 3. The molecule has 1 atom stereocenters. The smallest absolute Gasteiger partial charge is 0.257 e. The largest absolute Gasteiger partial charge is 0.508 e. The second-order valence-corrected chi connectivity index (χ2v) is 14.0. The minimum absolute atomic E-state index is 0.0113. The van der Waals surface area contributed by atoms with Crippen molar-refractivity contribution in [1.29, 1.82) is 0 Å². The van der Waals surface area contributed by atoms with E-state index >= 15 is 0 Å². The number of aromatic nitrogens is 1. The Bertz CT molecular complexity index is 1740. The van der Waals surface area contributed by atoms with Gasteiger partial charge in [0.05, 0.1) is 11.2 Å². The van der Waals surface area contributed by atoms with Gasteiger partial charge in [0, 0.05) is 57.5 Å². The number of aliphatic imine (C=N–C) groups is 1. The summed E-state index contributed by atoms with van der Waals surface area (Å²) in [6.07, 6.45) is 3.78. The van der Waals surface area contributed by atoms with E-state index in [-0.39, 0.29) is 47.1 Å². The molecule has 2 fully saturated rings. The van der Waals surface area contributed by atoms with Crippen LogP contribution in [0, 0.1) is 5.82 Å². The molecule has 13 heteroatoms. The highest BCUT2D eigenvalue weighted by molar-refractivity contribution is 8.14. The summed E-state index contributed by atoms with van der Waals surface area (Å²) in [7, 11) is 0. The average Bonchev–Trinajstić information content (AvgIpc) is 3.53. The molecule has 3 amide bonds. The van der Waals surface area contributed by atoms with Crippen molar-refractivity contribution in [2.75, 3.05) is 31.9 Å². The fraction of sp³-hybridized carbons (Fsp3) is 0.417. The van der Waals surface area contributed by atoms with Gasteiger partial charge in [0.2, 0.25) is 17.7 Å². The number of halogens is 1. The summed E-state index contributed by atoms with van der Waals surface area (Å²) >= 11 is 1.59. The summed E-state index contributed by atoms with van der Waals surface area (Å²) in [6, 6.07) is 13.2. The number of thioether (sulfide) groups is 1. The topological polar surface area (TPSA) is 136 Å². The number of phenols is 1. The van der Waals surface area contributed by atoms with Crippen molar-refractivity contribution >= 4 is 34.5 Å². The van der Waals surface area contributed by atoms with Crippen molar-refractivity contribution in [3.05, 3.63) is 71.7 Å². The van der Waals surface area contributed by atoms with Gasteiger partial charge in [-0.25, -0.2) is 9.37 Å². The van der Waals surface area contributed by atoms with Crippen LogP contribution in [0.3, 0.4) is 0 Å². The molecule has 2 aliphatic heterocycles. The maximum absolute atomic E-state index is 14.4. The number of carbonyl (C=O) groups excluding carboxylic acids is 3. The van der Waals surface area contributed by atoms with Crippen LogP contribution < -0.4 is 15.4 Å². The van der Waals surface area contributed by atoms with Crippen LogP contribution in [0.25, 0.3) is 11.1 Å². The quantitative estimate of drug-likeness (QED) is 0.294. The molecule has 0 radical (unpaired) electrons. The van der Waals surface area contributed by atoms with Gasteiger partial charge in [-0.05, 0) is 79.6 Å². The van der Waals surface area contributed by atoms with Gasteiger partial charge in [-0.15, -0.1) is 11.8 Å². The van der Waals surface area contributed by atoms with E-state index in [4.69, 9.17) is 4.74 Å². The van der Waals surface area contributed by atoms with Crippen LogP contribution in [0.4, 0.5) is 4.39 Å². The molecule has 49 heavy (non-hydrogen) atoms. The molecule has 0 bridgehead atoms. The molecule has 3 aliphatic rings. The van der Waals surface area contributed by atoms with Gasteiger partial charge in [-0.2, -0.15) is 0 Å². The van der Waals surface area contributed by atoms with Crippen molar-refractivity contribution < 1.29 is 28.6 Å². The van der Waals surface area contributed by atoms with E-state index in [0.29, 0.717) is 56.8 Å². The highest BCUT2D eigenvalue weighted by Gasteiger charge is 2.29. The van der Waals surface area contributed by atoms with E-state index in [1.54, 1.807) is 36.9 Å². The van der Waals surface area contributed by atoms with Crippen LogP contribution >= 0.6 is 11.8 Å². The maximum Gasteiger partial charge on any atom is 0.257 e. The number of nitrogens with one attached hydrogen (secondary N) is 2. The Labute approximate surface area is 289 Å². The van der Waals surface area contributed by atoms with Gasteiger partial charge in [0.1, 0.15) is 28.9 Å². The lowest BCUT2D eigenvalue weighted by Gasteiger charge is -2.34. The number of benzene rings is 2. The Morgan fingerprint density at radius 3 is 2.43 bits per heavy atom. The molecule has 1 saturated heterocycles. The van der Waals surface area contributed by atoms with Crippen molar-refractivity contribution in [1.82, 2.24) is 25.4 Å². The van der Waals surface area contributed by atoms with Crippen molar-refractivity contribution in [3.63, 3.8) is 0 Å². The Morgan fingerprint density at radius 2 is 1.73 bits per heavy atom. The molecule has 0 spiro atoms. The van der Waals surface area contributed by atoms with E-state index in [9.17, 15) is 23.9 Å². The zero-order chi connectivity index (χ0) is 34.5. The van der Waals surface area contributed by atoms with Crippen LogP contribution in [-0.4, -0.2) is 92.7 Å². The van der Waals surface area contributed by atoms with E-state index < -0.39 is 11.7 Å². The van der Waals surface area contributed by atoms with Gasteiger partial charge in [0.15, 0.2) is 0 Å². The summed E-state index contributed by atoms with van der Waals surface area (Å²) in [5.41, 5.74) is 2.64. The zero-order valence-corrected chi connectivity index (χ0v) is 28.5. The Hall–Kier alpha value is -4.49. The van der Waals surface area contributed by atoms with Crippen molar-refractivity contribution in [3.8, 4) is 28.5 Å². The average molecular weight is 689 g/mol. The predicted molar refractivity (Wildman–Crippen MR) is 186 cm³/mol. The van der Waals surface area contributed by atoms with Gasteiger partial charge >= 0.3 is 0 Å². The number of carbonyl (C=O) groups is 3. The number of nitrogens with zero attached hydrogens (tertiary/aromatic N) is 4. The summed E-state index contributed by atoms with van der Waals surface area (Å²) in [5.74, 6) is 0.0970. The Morgan fingerprint density at radius 1 is 1.00 bits per heavy atom. The van der Waals surface area contributed by atoms with Crippen molar-refractivity contribution in [2.45, 2.75) is 64.2 Å². The fourth-order valence-corrected chi connectivity index (χ4v) is 7.36. The predicted octanol–water partition coefficient (Wildman–Crippen LogP) is 4.74. The van der Waals surface area contributed by atoms with E-state index in [2.05, 4.69) is 25.5 Å². The first-order valence-corrected chi connectivity index (χ1v) is 17.6. The number of aromatic hydroxyl groups is 1. The zero-order valence-electron chi connectivity index (χ0n) is 27.7. The standard InChI is InChI=1S/C36H41FN6O5S/c1-22-39-33(21-49-22)35(47)41-28-8-6-27(7-9-28)40-34(46)32-18-26(37)19-38-36(32)48-30-5-3-4-24(17-30)31-11-10-29(45)16-25(31)20-42-12-14-43(15-13-42)23(2)44/h3-5,10-11,16-19,27-28,33,45H,6-9,12-15,20-21H2,1-2H3,(H,40,46)(H,41,47). The Balaban J connectivity index is 1.10. The highest BCUT2D eigenvalue weighted by atomic mass is 32.2. The van der Waals surface area contributed by atoms with Gasteiger partial charge in [-0.3, -0.25) is 24.3 Å². The molecule has 3 aromatic rings. The highest BCUT2D eigenvalue weighted by Crippen LogP contribution is 2.33. The maximum atomic E-state index is 14.4. The van der Waals surface area contributed by atoms with Crippen LogP contribution in [0.15, 0.2) is 59.7 Å². The summed E-state index contributed by atoms with van der Waals surface area (Å²) < 4.78 is 20.5. The number of hydrogen-bond acceptors (Lipinski definition) is 9. The third kappa shape index (κ3) is 8.76. The summed E-state index contributed by atoms with van der Waals surface area (Å²) in [5, 5.41) is 17.3. The van der Waals surface area contributed by atoms with Gasteiger partial charge in [0.25, 0.3) is 5.91 Å². The summed E-state index contributed by atoms with van der Waals surface area (Å²) in [4.78, 5) is 50.3. The molecule has 258 valence electrons. The van der Waals surface area contributed by atoms with Gasteiger partial charge in [-0.1, -0.05) is 18.2 Å². The molecule has 2 aromatic carbocycles. The third-order valence-corrected chi connectivity index (χ3v) is 10.2. The number of pyridine rings is 1. The lowest BCUT2D eigenvalue weighted by atomic mass is 9.90. The number of phenolic OH excluding ortho intramolecular Hbond substituents is 1. The second kappa shape index (κ2) is 15.4. The third-order valence-electron chi connectivity index (χ3n) is 9.22. The molecule has 3 N–H and O–H groups in total. The molecule has 11 nitrogen and oxygen atoms in total. The van der Waals surface area contributed by atoms with Crippen LogP contribution in [0.2, 0.25) is 0 Å². The molecular formula is C36H41FN6O5S. The van der Waals surface area contributed by atoms with E-state index in [1.165, 1.54) is 0 Å². The van der Waals surface area contributed by atoms with Crippen LogP contribution in [-0.2, 0) is 16.1 Å². The molecular weight excluding hydrogens is 647 g/mol. The fourth-order valence-electron chi connectivity index (χ4n) is 6.53. The van der Waals surface area contributed by atoms with E-state index in [1.807, 2.05) is 36.1 Å². The number of piperazine rings is 1. The van der Waals surface area contributed by atoms with Crippen LogP contribution in [0.5, 0.6) is 17.4 Å². The number of rotatable bonds is 9. The summed E-state index contributed by atoms with van der Waals surface area (Å²) in [6.45, 7) is 6.84.